The number of hydrogen-bond acceptors (Lipinski definition) is 4. The Morgan fingerprint density at radius 3 is 1.38 bits per heavy atom. The average molecular weight is 433 g/mol. The Hall–Kier alpha value is -0.130. The van der Waals surface area contributed by atoms with Crippen LogP contribution in [0.25, 0.3) is 0 Å². The molecule has 4 nitrogen and oxygen atoms in total. The first-order valence-corrected chi connectivity index (χ1v) is 14.6. The lowest BCUT2D eigenvalue weighted by molar-refractivity contribution is 0.551. The van der Waals surface area contributed by atoms with Gasteiger partial charge in [-0.2, -0.15) is 0 Å². The van der Waals surface area contributed by atoms with Crippen molar-refractivity contribution < 1.29 is 8.42 Å². The van der Waals surface area contributed by atoms with Crippen LogP contribution in [0.15, 0.2) is 0 Å². The summed E-state index contributed by atoms with van der Waals surface area (Å²) in [5.41, 5.74) is 5.46. The maximum absolute atomic E-state index is 12.1. The third-order valence-electron chi connectivity index (χ3n) is 5.68. The van der Waals surface area contributed by atoms with Gasteiger partial charge in [0, 0.05) is 0 Å². The van der Waals surface area contributed by atoms with Crippen LogP contribution in [0, 0.1) is 0 Å². The second-order valence-corrected chi connectivity index (χ2v) is 11.0. The summed E-state index contributed by atoms with van der Waals surface area (Å²) in [5, 5.41) is 3.41. The number of rotatable bonds is 24. The van der Waals surface area contributed by atoms with Crippen molar-refractivity contribution in [2.24, 2.45) is 5.73 Å². The summed E-state index contributed by atoms with van der Waals surface area (Å²) >= 11 is 0. The third kappa shape index (κ3) is 24.0. The van der Waals surface area contributed by atoms with Gasteiger partial charge in [-0.25, -0.2) is 8.42 Å². The first-order chi connectivity index (χ1) is 14.1. The highest BCUT2D eigenvalue weighted by Crippen LogP contribution is 2.12. The largest absolute Gasteiger partial charge is 0.330 e. The van der Waals surface area contributed by atoms with Gasteiger partial charge in [-0.3, -0.25) is 0 Å². The van der Waals surface area contributed by atoms with E-state index in [0.717, 1.165) is 51.7 Å². The van der Waals surface area contributed by atoms with Crippen LogP contribution in [-0.4, -0.2) is 39.6 Å². The van der Waals surface area contributed by atoms with E-state index in [1.807, 2.05) is 0 Å². The molecule has 0 aliphatic rings. The predicted octanol–water partition coefficient (Wildman–Crippen LogP) is 5.99. The molecule has 0 heterocycles. The Balaban J connectivity index is 3.32. The summed E-state index contributed by atoms with van der Waals surface area (Å²) in [7, 11) is -2.82. The van der Waals surface area contributed by atoms with E-state index in [-0.39, 0.29) is 0 Å². The fourth-order valence-electron chi connectivity index (χ4n) is 3.72. The molecule has 0 aromatic heterocycles. The minimum absolute atomic E-state index is 0.398. The van der Waals surface area contributed by atoms with Crippen LogP contribution in [0.1, 0.15) is 122 Å². The number of hydrogen-bond donors (Lipinski definition) is 2. The standard InChI is InChI=1S/C24H52N2O2S/c1-2-3-4-5-6-7-8-11-14-17-23-29(27,28)24-18-15-12-9-10-13-16-21-26-22-19-20-25/h26H,2-25H2,1H3. The normalized spacial score (nSPS) is 11.9. The van der Waals surface area contributed by atoms with Crippen LogP contribution in [0.2, 0.25) is 0 Å². The van der Waals surface area contributed by atoms with Crippen LogP contribution in [0.3, 0.4) is 0 Å². The summed E-state index contributed by atoms with van der Waals surface area (Å²) in [6.07, 6.45) is 21.7. The maximum Gasteiger partial charge on any atom is 0.150 e. The Labute approximate surface area is 183 Å². The van der Waals surface area contributed by atoms with E-state index in [2.05, 4.69) is 12.2 Å². The smallest absolute Gasteiger partial charge is 0.150 e. The van der Waals surface area contributed by atoms with Crippen LogP contribution >= 0.6 is 0 Å². The van der Waals surface area contributed by atoms with E-state index >= 15 is 0 Å². The summed E-state index contributed by atoms with van der Waals surface area (Å²) in [5.74, 6) is 0.802. The summed E-state index contributed by atoms with van der Waals surface area (Å²) in [4.78, 5) is 0. The molecule has 29 heavy (non-hydrogen) atoms. The van der Waals surface area contributed by atoms with Crippen molar-refractivity contribution in [3.8, 4) is 0 Å². The van der Waals surface area contributed by atoms with Crippen LogP contribution in [0.4, 0.5) is 0 Å². The van der Waals surface area contributed by atoms with E-state index in [4.69, 9.17) is 5.73 Å². The van der Waals surface area contributed by atoms with Gasteiger partial charge < -0.3 is 11.1 Å². The van der Waals surface area contributed by atoms with Crippen LogP contribution in [0.5, 0.6) is 0 Å². The van der Waals surface area contributed by atoms with Crippen LogP contribution in [-0.2, 0) is 9.84 Å². The molecule has 0 bridgehead atoms. The first kappa shape index (κ1) is 28.9. The van der Waals surface area contributed by atoms with Gasteiger partial charge in [-0.05, 0) is 45.3 Å². The zero-order chi connectivity index (χ0) is 21.5. The summed E-state index contributed by atoms with van der Waals surface area (Å²) in [6, 6.07) is 0. The second-order valence-electron chi connectivity index (χ2n) is 8.70. The van der Waals surface area contributed by atoms with Crippen molar-refractivity contribution in [2.45, 2.75) is 122 Å². The first-order valence-electron chi connectivity index (χ1n) is 12.7. The van der Waals surface area contributed by atoms with Crippen LogP contribution < -0.4 is 11.1 Å². The highest BCUT2D eigenvalue weighted by molar-refractivity contribution is 7.91. The van der Waals surface area contributed by atoms with Crippen molar-refractivity contribution >= 4 is 9.84 Å². The lowest BCUT2D eigenvalue weighted by atomic mass is 10.1. The van der Waals surface area contributed by atoms with Gasteiger partial charge in [0.25, 0.3) is 0 Å². The van der Waals surface area contributed by atoms with Crippen molar-refractivity contribution in [1.82, 2.24) is 5.32 Å². The maximum atomic E-state index is 12.1. The SMILES string of the molecule is CCCCCCCCCCCCS(=O)(=O)CCCCCCCCCNCCCN. The lowest BCUT2D eigenvalue weighted by Crippen LogP contribution is -2.19. The molecule has 0 rings (SSSR count). The number of sulfone groups is 1. The van der Waals surface area contributed by atoms with Crippen molar-refractivity contribution in [3.05, 3.63) is 0 Å². The summed E-state index contributed by atoms with van der Waals surface area (Å²) in [6.45, 7) is 5.14. The molecule has 0 amide bonds. The molecule has 0 aliphatic heterocycles. The zero-order valence-corrected chi connectivity index (χ0v) is 20.4. The fraction of sp³-hybridized carbons (Fsp3) is 1.00. The average Bonchev–Trinajstić information content (AvgIpc) is 2.70. The Morgan fingerprint density at radius 1 is 0.552 bits per heavy atom. The molecule has 0 saturated heterocycles. The molecule has 0 aliphatic carbocycles. The van der Waals surface area contributed by atoms with Gasteiger partial charge in [0.2, 0.25) is 0 Å². The van der Waals surface area contributed by atoms with Crippen molar-refractivity contribution in [3.63, 3.8) is 0 Å². The van der Waals surface area contributed by atoms with E-state index in [1.165, 1.54) is 83.5 Å². The molecule has 0 saturated carbocycles. The zero-order valence-electron chi connectivity index (χ0n) is 19.6. The topological polar surface area (TPSA) is 72.2 Å². The van der Waals surface area contributed by atoms with E-state index in [1.54, 1.807) is 0 Å². The van der Waals surface area contributed by atoms with Gasteiger partial charge in [-0.15, -0.1) is 0 Å². The molecule has 0 aromatic carbocycles. The summed E-state index contributed by atoms with van der Waals surface area (Å²) < 4.78 is 24.3. The van der Waals surface area contributed by atoms with Gasteiger partial charge in [0.05, 0.1) is 11.5 Å². The lowest BCUT2D eigenvalue weighted by Gasteiger charge is -2.06. The fourth-order valence-corrected chi connectivity index (χ4v) is 5.21. The van der Waals surface area contributed by atoms with Gasteiger partial charge in [0.15, 0.2) is 0 Å². The van der Waals surface area contributed by atoms with E-state index in [0.29, 0.717) is 11.5 Å². The number of nitrogens with one attached hydrogen (secondary N) is 1. The molecule has 3 N–H and O–H groups in total. The minimum atomic E-state index is -2.82. The van der Waals surface area contributed by atoms with Gasteiger partial charge in [-0.1, -0.05) is 96.8 Å². The highest BCUT2D eigenvalue weighted by Gasteiger charge is 2.09. The number of nitrogens with two attached hydrogens (primary N) is 1. The Bertz CT molecular complexity index is 413. The Morgan fingerprint density at radius 2 is 0.931 bits per heavy atom. The van der Waals surface area contributed by atoms with E-state index in [9.17, 15) is 8.42 Å². The highest BCUT2D eigenvalue weighted by atomic mass is 32.2. The molecule has 0 aromatic rings. The molecule has 0 radical (unpaired) electrons. The van der Waals surface area contributed by atoms with Gasteiger partial charge in [0.1, 0.15) is 9.84 Å². The minimum Gasteiger partial charge on any atom is -0.330 e. The number of unbranched alkanes of at least 4 members (excludes halogenated alkanes) is 15. The predicted molar refractivity (Wildman–Crippen MR) is 129 cm³/mol. The Kier molecular flexibility index (Phi) is 22.5. The second kappa shape index (κ2) is 22.6. The quantitative estimate of drug-likeness (QED) is 0.184. The molecule has 5 heteroatoms. The van der Waals surface area contributed by atoms with E-state index < -0.39 is 9.84 Å². The molecular weight excluding hydrogens is 380 g/mol. The van der Waals surface area contributed by atoms with Gasteiger partial charge >= 0.3 is 0 Å². The third-order valence-corrected chi connectivity index (χ3v) is 7.50. The molecule has 176 valence electrons. The molecular formula is C24H52N2O2S. The molecule has 0 unspecified atom stereocenters. The van der Waals surface area contributed by atoms with Crippen molar-refractivity contribution in [2.75, 3.05) is 31.1 Å². The molecule has 0 spiro atoms. The van der Waals surface area contributed by atoms with Crippen molar-refractivity contribution in [1.29, 1.82) is 0 Å². The molecule has 0 atom stereocenters. The monoisotopic (exact) mass is 432 g/mol. The molecule has 0 fully saturated rings.